The number of rotatable bonds is 16. The Morgan fingerprint density at radius 2 is 1.00 bits per heavy atom. The zero-order valence-electron chi connectivity index (χ0n) is 22.4. The van der Waals surface area contributed by atoms with Crippen molar-refractivity contribution in [2.24, 2.45) is 41.4 Å². The van der Waals surface area contributed by atoms with Gasteiger partial charge in [-0.1, -0.05) is 69.2 Å². The molecule has 2 atom stereocenters. The van der Waals surface area contributed by atoms with Crippen LogP contribution in [0, 0.1) is 41.4 Å². The van der Waals surface area contributed by atoms with Crippen LogP contribution >= 0.6 is 0 Å². The molecule has 4 heteroatoms. The van der Waals surface area contributed by atoms with E-state index in [-0.39, 0.29) is 29.7 Å². The summed E-state index contributed by atoms with van der Waals surface area (Å²) in [5.41, 5.74) is 0. The maximum absolute atomic E-state index is 13.1. The lowest BCUT2D eigenvalue weighted by Crippen LogP contribution is -2.41. The molecular weight excluding hydrogens is 384 g/mol. The number of carbonyl (C=O) groups excluding carboxylic acids is 2. The van der Waals surface area contributed by atoms with Gasteiger partial charge in [-0.25, -0.2) is 0 Å². The molecule has 0 aromatic carbocycles. The van der Waals surface area contributed by atoms with E-state index in [2.05, 4.69) is 79.9 Å². The van der Waals surface area contributed by atoms with E-state index in [0.717, 1.165) is 45.1 Å². The van der Waals surface area contributed by atoms with Gasteiger partial charge in [0, 0.05) is 24.4 Å². The van der Waals surface area contributed by atoms with E-state index in [1.165, 1.54) is 0 Å². The van der Waals surface area contributed by atoms with E-state index >= 15 is 0 Å². The Balaban J connectivity index is 5.17. The predicted molar refractivity (Wildman–Crippen MR) is 134 cm³/mol. The average molecular weight is 439 g/mol. The number of nitrogens with one attached hydrogen (secondary N) is 2. The maximum Gasteiger partial charge on any atom is 0.223 e. The molecule has 2 unspecified atom stereocenters. The molecule has 2 N–H and O–H groups in total. The molecule has 0 fully saturated rings. The highest BCUT2D eigenvalue weighted by molar-refractivity contribution is 5.79. The van der Waals surface area contributed by atoms with Crippen molar-refractivity contribution in [3.8, 4) is 0 Å². The topological polar surface area (TPSA) is 58.2 Å². The smallest absolute Gasteiger partial charge is 0.223 e. The minimum Gasteiger partial charge on any atom is -0.356 e. The summed E-state index contributed by atoms with van der Waals surface area (Å²) in [7, 11) is 0. The third-order valence-electron chi connectivity index (χ3n) is 5.66. The number of carbonyl (C=O) groups is 2. The van der Waals surface area contributed by atoms with Gasteiger partial charge in [0.2, 0.25) is 11.8 Å². The van der Waals surface area contributed by atoms with Crippen LogP contribution in [-0.2, 0) is 9.59 Å². The van der Waals surface area contributed by atoms with Crippen molar-refractivity contribution in [2.45, 2.75) is 114 Å². The SMILES string of the molecule is CC(C)CNC(=O)C(CCC(CC(C)C)NC(=O)C(CC(C)C)CC(C)C)CC(C)C. The standard InChI is InChI=1S/C27H54N2O2/c1-18(2)13-23(26(30)28-17-22(9)10)11-12-25(16-21(7)8)29-27(31)24(14-19(3)4)15-20(5)6/h18-25H,11-17H2,1-10H3,(H,28,30)(H,29,31). The van der Waals surface area contributed by atoms with Crippen LogP contribution in [0.15, 0.2) is 0 Å². The van der Waals surface area contributed by atoms with E-state index in [9.17, 15) is 9.59 Å². The first-order valence-corrected chi connectivity index (χ1v) is 12.9. The lowest BCUT2D eigenvalue weighted by atomic mass is 9.87. The summed E-state index contributed by atoms with van der Waals surface area (Å²) in [6.07, 6.45) is 5.43. The molecule has 0 bridgehead atoms. The fraction of sp³-hybridized carbons (Fsp3) is 0.926. The molecule has 0 aliphatic heterocycles. The van der Waals surface area contributed by atoms with Gasteiger partial charge in [0.1, 0.15) is 0 Å². The molecular formula is C27H54N2O2. The summed E-state index contributed by atoms with van der Waals surface area (Å²) in [5, 5.41) is 6.51. The fourth-order valence-electron chi connectivity index (χ4n) is 4.36. The molecule has 0 aromatic rings. The first-order chi connectivity index (χ1) is 14.3. The highest BCUT2D eigenvalue weighted by Gasteiger charge is 2.26. The minimum atomic E-state index is 0.0208. The second-order valence-electron chi connectivity index (χ2n) is 11.8. The Morgan fingerprint density at radius 1 is 0.548 bits per heavy atom. The number of hydrogen-bond acceptors (Lipinski definition) is 2. The number of amides is 2. The largest absolute Gasteiger partial charge is 0.356 e. The molecule has 0 saturated carbocycles. The van der Waals surface area contributed by atoms with Crippen molar-refractivity contribution < 1.29 is 9.59 Å². The van der Waals surface area contributed by atoms with Gasteiger partial charge in [-0.2, -0.15) is 0 Å². The first kappa shape index (κ1) is 29.9. The molecule has 31 heavy (non-hydrogen) atoms. The molecule has 0 spiro atoms. The van der Waals surface area contributed by atoms with Crippen molar-refractivity contribution in [2.75, 3.05) is 6.54 Å². The average Bonchev–Trinajstić information content (AvgIpc) is 2.60. The normalized spacial score (nSPS) is 14.2. The second kappa shape index (κ2) is 15.7. The zero-order chi connectivity index (χ0) is 24.1. The van der Waals surface area contributed by atoms with Gasteiger partial charge >= 0.3 is 0 Å². The molecule has 184 valence electrons. The highest BCUT2D eigenvalue weighted by atomic mass is 16.2. The summed E-state index contributed by atoms with van der Waals surface area (Å²) < 4.78 is 0. The van der Waals surface area contributed by atoms with Crippen molar-refractivity contribution in [3.05, 3.63) is 0 Å². The van der Waals surface area contributed by atoms with Crippen molar-refractivity contribution in [1.29, 1.82) is 0 Å². The van der Waals surface area contributed by atoms with Gasteiger partial charge in [-0.05, 0) is 68.1 Å². The summed E-state index contributed by atoms with van der Waals surface area (Å²) in [6, 6.07) is 0.141. The van der Waals surface area contributed by atoms with Crippen LogP contribution in [0.4, 0.5) is 0 Å². The van der Waals surface area contributed by atoms with E-state index in [1.807, 2.05) is 0 Å². The molecule has 0 radical (unpaired) electrons. The van der Waals surface area contributed by atoms with Crippen molar-refractivity contribution in [1.82, 2.24) is 10.6 Å². The lowest BCUT2D eigenvalue weighted by molar-refractivity contribution is -0.127. The van der Waals surface area contributed by atoms with E-state index in [1.54, 1.807) is 0 Å². The maximum atomic E-state index is 13.1. The number of hydrogen-bond donors (Lipinski definition) is 2. The van der Waals surface area contributed by atoms with Gasteiger partial charge in [0.15, 0.2) is 0 Å². The molecule has 2 amide bonds. The Morgan fingerprint density at radius 3 is 1.42 bits per heavy atom. The van der Waals surface area contributed by atoms with E-state index < -0.39 is 0 Å². The second-order valence-corrected chi connectivity index (χ2v) is 11.8. The monoisotopic (exact) mass is 438 g/mol. The molecule has 0 heterocycles. The Kier molecular flexibility index (Phi) is 15.2. The van der Waals surface area contributed by atoms with Crippen LogP contribution in [0.3, 0.4) is 0 Å². The van der Waals surface area contributed by atoms with Crippen LogP contribution in [0.1, 0.15) is 108 Å². The molecule has 0 rings (SSSR count). The van der Waals surface area contributed by atoms with Gasteiger partial charge < -0.3 is 10.6 Å². The molecule has 0 aliphatic carbocycles. The quantitative estimate of drug-likeness (QED) is 0.291. The van der Waals surface area contributed by atoms with E-state index in [0.29, 0.717) is 29.6 Å². The first-order valence-electron chi connectivity index (χ1n) is 12.9. The Hall–Kier alpha value is -1.06. The van der Waals surface area contributed by atoms with Crippen LogP contribution in [0.2, 0.25) is 0 Å². The summed E-state index contributed by atoms with van der Waals surface area (Å²) in [4.78, 5) is 25.9. The fourth-order valence-corrected chi connectivity index (χ4v) is 4.36. The molecule has 4 nitrogen and oxygen atoms in total. The van der Waals surface area contributed by atoms with Gasteiger partial charge in [-0.15, -0.1) is 0 Å². The Bertz CT molecular complexity index is 487. The van der Waals surface area contributed by atoms with Crippen LogP contribution < -0.4 is 10.6 Å². The van der Waals surface area contributed by atoms with Crippen molar-refractivity contribution in [3.63, 3.8) is 0 Å². The molecule has 0 saturated heterocycles. The van der Waals surface area contributed by atoms with Crippen LogP contribution in [0.5, 0.6) is 0 Å². The van der Waals surface area contributed by atoms with Crippen LogP contribution in [0.25, 0.3) is 0 Å². The predicted octanol–water partition coefficient (Wildman–Crippen LogP) is 6.44. The van der Waals surface area contributed by atoms with Gasteiger partial charge in [-0.3, -0.25) is 9.59 Å². The summed E-state index contributed by atoms with van der Waals surface area (Å²) >= 11 is 0. The highest BCUT2D eigenvalue weighted by Crippen LogP contribution is 2.24. The van der Waals surface area contributed by atoms with Gasteiger partial charge in [0.05, 0.1) is 0 Å². The molecule has 0 aromatic heterocycles. The third kappa shape index (κ3) is 15.4. The third-order valence-corrected chi connectivity index (χ3v) is 5.66. The van der Waals surface area contributed by atoms with Crippen molar-refractivity contribution >= 4 is 11.8 Å². The zero-order valence-corrected chi connectivity index (χ0v) is 22.4. The van der Waals surface area contributed by atoms with E-state index in [4.69, 9.17) is 0 Å². The minimum absolute atomic E-state index is 0.0208. The summed E-state index contributed by atoms with van der Waals surface area (Å²) in [6.45, 7) is 22.5. The molecule has 0 aliphatic rings. The Labute approximate surface area is 194 Å². The summed E-state index contributed by atoms with van der Waals surface area (Å²) in [5.74, 6) is 2.95. The van der Waals surface area contributed by atoms with Gasteiger partial charge in [0.25, 0.3) is 0 Å². The lowest BCUT2D eigenvalue weighted by Gasteiger charge is -2.27. The van der Waals surface area contributed by atoms with Crippen LogP contribution in [-0.4, -0.2) is 24.4 Å².